The van der Waals surface area contributed by atoms with E-state index in [0.29, 0.717) is 12.2 Å². The molecule has 0 saturated heterocycles. The van der Waals surface area contributed by atoms with E-state index in [9.17, 15) is 24.6 Å². The summed E-state index contributed by atoms with van der Waals surface area (Å²) in [7, 11) is 7.34. The number of fused-ring (bicyclic) bond motifs is 3. The number of nitrogens with two attached hydrogens (primary N) is 1. The molecule has 0 bridgehead atoms. The molecule has 1 fully saturated rings. The normalized spacial score (nSPS) is 26.8. The molecule has 6 rings (SSSR count). The van der Waals surface area contributed by atoms with Crippen LogP contribution in [0.4, 0.5) is 5.69 Å². The number of anilines is 1. The highest BCUT2D eigenvalue weighted by Crippen LogP contribution is 2.53. The number of carbonyl (C=O) groups excluding carboxylic acids is 3. The van der Waals surface area contributed by atoms with Crippen LogP contribution in [-0.2, 0) is 34.0 Å². The lowest BCUT2D eigenvalue weighted by Gasteiger charge is -2.54. The number of carbonyl (C=O) groups is 3. The van der Waals surface area contributed by atoms with Crippen LogP contribution in [0.1, 0.15) is 33.5 Å². The van der Waals surface area contributed by atoms with Gasteiger partial charge in [-0.05, 0) is 61.7 Å². The van der Waals surface area contributed by atoms with Crippen molar-refractivity contribution >= 4 is 23.2 Å². The smallest absolute Gasteiger partial charge is 0.230 e. The first-order valence-electron chi connectivity index (χ1n) is 15.8. The van der Waals surface area contributed by atoms with Crippen molar-refractivity contribution in [3.8, 4) is 5.75 Å². The van der Waals surface area contributed by atoms with Crippen molar-refractivity contribution in [1.82, 2.24) is 4.90 Å². The highest BCUT2D eigenvalue weighted by molar-refractivity contribution is 6.16. The van der Waals surface area contributed by atoms with Gasteiger partial charge in [-0.2, -0.15) is 0 Å². The van der Waals surface area contributed by atoms with Gasteiger partial charge >= 0.3 is 0 Å². The second-order valence-electron chi connectivity index (χ2n) is 13.2. The number of ether oxygens (including phenoxy) is 2. The van der Waals surface area contributed by atoms with Crippen molar-refractivity contribution in [1.29, 1.82) is 0 Å². The molecule has 10 nitrogen and oxygen atoms in total. The summed E-state index contributed by atoms with van der Waals surface area (Å²) in [5.41, 5.74) is 6.91. The molecule has 0 spiro atoms. The molecule has 3 aromatic carbocycles. The zero-order chi connectivity index (χ0) is 33.6. The lowest BCUT2D eigenvalue weighted by atomic mass is 9.56. The molecule has 47 heavy (non-hydrogen) atoms. The maximum absolute atomic E-state index is 14.5. The Labute approximate surface area is 274 Å². The van der Waals surface area contributed by atoms with Gasteiger partial charge in [0.2, 0.25) is 5.91 Å². The molecule has 1 saturated carbocycles. The third-order valence-corrected chi connectivity index (χ3v) is 9.91. The van der Waals surface area contributed by atoms with Crippen molar-refractivity contribution in [2.75, 3.05) is 33.1 Å². The number of benzene rings is 3. The number of aliphatic hydroxyl groups excluding tert-OH is 1. The molecule has 3 aliphatic rings. The number of nitrogens with zero attached hydrogens (tertiary/aromatic N) is 2. The molecule has 0 aliphatic heterocycles. The average molecular weight is 640 g/mol. The van der Waals surface area contributed by atoms with E-state index < -0.39 is 58.7 Å². The molecule has 0 heterocycles. The minimum atomic E-state index is -2.52. The minimum absolute atomic E-state index is 0.0329. The summed E-state index contributed by atoms with van der Waals surface area (Å²) in [5.74, 6) is -5.80. The Morgan fingerprint density at radius 2 is 1.55 bits per heavy atom. The zero-order valence-corrected chi connectivity index (χ0v) is 27.1. The molecule has 1 amide bonds. The number of hydrogen-bond acceptors (Lipinski definition) is 9. The standard InChI is InChI=1S/C37H41N3O7/c1-39(2)26-15-16-27(46-19-21-11-7-5-8-12-21)29-24(26)17-23-18-25-31(40(3)4)33(47-20-22-13-9-6-10-14-22)30(36(38)44)35(43)37(25,45)34(42)28(23)32(29)41/h5-16,23,25,30-31,33,42,45H,17-20H2,1-4H3,(H2,38,44)/t23-,25-,30?,31?,33?,37-/m0/s1. The van der Waals surface area contributed by atoms with Crippen LogP contribution in [0.3, 0.4) is 0 Å². The van der Waals surface area contributed by atoms with Crippen molar-refractivity contribution in [3.63, 3.8) is 0 Å². The highest BCUT2D eigenvalue weighted by atomic mass is 16.5. The van der Waals surface area contributed by atoms with Crippen molar-refractivity contribution in [2.45, 2.75) is 43.8 Å². The van der Waals surface area contributed by atoms with Crippen molar-refractivity contribution in [3.05, 3.63) is 106 Å². The van der Waals surface area contributed by atoms with Gasteiger partial charge in [0.25, 0.3) is 0 Å². The molecular formula is C37H41N3O7. The van der Waals surface area contributed by atoms with E-state index in [1.807, 2.05) is 85.7 Å². The van der Waals surface area contributed by atoms with Crippen LogP contribution in [0, 0.1) is 17.8 Å². The lowest BCUT2D eigenvalue weighted by Crippen LogP contribution is -2.71. The van der Waals surface area contributed by atoms with Gasteiger partial charge in [0.15, 0.2) is 17.2 Å². The Morgan fingerprint density at radius 3 is 2.13 bits per heavy atom. The van der Waals surface area contributed by atoms with E-state index in [0.717, 1.165) is 22.4 Å². The predicted octanol–water partition coefficient (Wildman–Crippen LogP) is 3.45. The van der Waals surface area contributed by atoms with Gasteiger partial charge in [-0.25, -0.2) is 0 Å². The molecule has 0 aromatic heterocycles. The third kappa shape index (κ3) is 5.50. The fraction of sp³-hybridized carbons (Fsp3) is 0.378. The predicted molar refractivity (Wildman–Crippen MR) is 176 cm³/mol. The summed E-state index contributed by atoms with van der Waals surface area (Å²) >= 11 is 0. The molecular weight excluding hydrogens is 598 g/mol. The van der Waals surface area contributed by atoms with Crippen molar-refractivity contribution in [2.24, 2.45) is 23.5 Å². The van der Waals surface area contributed by atoms with Crippen LogP contribution in [-0.4, -0.2) is 78.5 Å². The Balaban J connectivity index is 1.44. The van der Waals surface area contributed by atoms with Gasteiger partial charge in [-0.3, -0.25) is 14.4 Å². The first kappa shape index (κ1) is 32.4. The molecule has 246 valence electrons. The molecule has 3 aromatic rings. The monoisotopic (exact) mass is 639 g/mol. The number of Topliss-reactive ketones (excluding diaryl/α,β-unsaturated/α-hetero) is 2. The van der Waals surface area contributed by atoms with Gasteiger partial charge in [0, 0.05) is 37.3 Å². The minimum Gasteiger partial charge on any atom is -0.508 e. The number of rotatable bonds is 9. The Morgan fingerprint density at radius 1 is 0.936 bits per heavy atom. The molecule has 3 aliphatic carbocycles. The number of ketones is 2. The number of amides is 1. The maximum atomic E-state index is 14.5. The van der Waals surface area contributed by atoms with E-state index in [-0.39, 0.29) is 30.8 Å². The Bertz CT molecular complexity index is 1720. The quantitative estimate of drug-likeness (QED) is 0.300. The zero-order valence-electron chi connectivity index (χ0n) is 27.1. The van der Waals surface area contributed by atoms with Crippen LogP contribution in [0.5, 0.6) is 5.75 Å². The van der Waals surface area contributed by atoms with Gasteiger partial charge in [0.1, 0.15) is 24.0 Å². The van der Waals surface area contributed by atoms with Gasteiger partial charge in [0.05, 0.1) is 18.3 Å². The van der Waals surface area contributed by atoms with E-state index in [1.165, 1.54) is 0 Å². The van der Waals surface area contributed by atoms with E-state index in [1.54, 1.807) is 25.1 Å². The summed E-state index contributed by atoms with van der Waals surface area (Å²) in [4.78, 5) is 45.4. The first-order valence-corrected chi connectivity index (χ1v) is 15.8. The molecule has 4 N–H and O–H groups in total. The lowest BCUT2D eigenvalue weighted by molar-refractivity contribution is -0.186. The van der Waals surface area contributed by atoms with E-state index in [4.69, 9.17) is 15.2 Å². The highest BCUT2D eigenvalue weighted by Gasteiger charge is 2.66. The van der Waals surface area contributed by atoms with E-state index in [2.05, 4.69) is 0 Å². The number of aliphatic hydroxyl groups is 2. The van der Waals surface area contributed by atoms with Crippen LogP contribution in [0.25, 0.3) is 0 Å². The van der Waals surface area contributed by atoms with Crippen LogP contribution in [0.2, 0.25) is 0 Å². The Hall–Kier alpha value is -4.51. The number of likely N-dealkylation sites (N-methyl/N-ethyl adjacent to an activating group) is 1. The topological polar surface area (TPSA) is 143 Å². The largest absolute Gasteiger partial charge is 0.508 e. The number of allylic oxidation sites excluding steroid dienone is 1. The second kappa shape index (κ2) is 12.6. The van der Waals surface area contributed by atoms with Crippen LogP contribution in [0.15, 0.2) is 84.1 Å². The Kier molecular flexibility index (Phi) is 8.69. The SMILES string of the molecule is CN(C)c1ccc(OCc2ccccc2)c2c1C[C@H]1C[C@H]3C(N(C)C)C(OCc4ccccc4)C(C(N)=O)C(=O)[C@@]3(O)C(O)=C1C2=O. The van der Waals surface area contributed by atoms with Crippen molar-refractivity contribution < 1.29 is 34.1 Å². The van der Waals surface area contributed by atoms with Gasteiger partial charge < -0.3 is 35.2 Å². The van der Waals surface area contributed by atoms with Crippen LogP contribution >= 0.6 is 0 Å². The summed E-state index contributed by atoms with van der Waals surface area (Å²) in [6.45, 7) is 0.328. The summed E-state index contributed by atoms with van der Waals surface area (Å²) in [5, 5.41) is 24.2. The number of primary amides is 1. The van der Waals surface area contributed by atoms with Crippen LogP contribution < -0.4 is 15.4 Å². The molecule has 0 radical (unpaired) electrons. The summed E-state index contributed by atoms with van der Waals surface area (Å²) in [6, 6.07) is 21.9. The number of hydrogen-bond donors (Lipinski definition) is 3. The molecule has 3 unspecified atom stereocenters. The average Bonchev–Trinajstić information content (AvgIpc) is 3.04. The molecule has 10 heteroatoms. The maximum Gasteiger partial charge on any atom is 0.230 e. The third-order valence-electron chi connectivity index (χ3n) is 9.91. The van der Waals surface area contributed by atoms with Gasteiger partial charge in [-0.1, -0.05) is 60.7 Å². The molecule has 6 atom stereocenters. The fourth-order valence-electron chi connectivity index (χ4n) is 7.78. The fourth-order valence-corrected chi connectivity index (χ4v) is 7.78. The summed E-state index contributed by atoms with van der Waals surface area (Å²) in [6.07, 6.45) is -0.447. The van der Waals surface area contributed by atoms with E-state index >= 15 is 0 Å². The summed E-state index contributed by atoms with van der Waals surface area (Å²) < 4.78 is 12.5. The van der Waals surface area contributed by atoms with Gasteiger partial charge in [-0.15, -0.1) is 0 Å². The first-order chi connectivity index (χ1) is 22.4. The second-order valence-corrected chi connectivity index (χ2v) is 13.2.